The number of benzene rings is 1. The molecule has 8 heteroatoms. The first-order valence-corrected chi connectivity index (χ1v) is 9.78. The zero-order chi connectivity index (χ0) is 19.8. The Hall–Kier alpha value is -2.74. The number of nitrogens with zero attached hydrogens (tertiary/aromatic N) is 1. The molecule has 0 aromatic heterocycles. The van der Waals surface area contributed by atoms with Crippen LogP contribution < -0.4 is 16.0 Å². The molecule has 0 bridgehead atoms. The monoisotopic (exact) mass is 384 g/mol. The molecule has 3 aliphatic rings. The molecule has 2 fully saturated rings. The lowest BCUT2D eigenvalue weighted by Gasteiger charge is -2.29. The number of nitrogens with one attached hydrogen (secondary N) is 3. The maximum absolute atomic E-state index is 12.9. The van der Waals surface area contributed by atoms with Gasteiger partial charge in [0.25, 0.3) is 11.8 Å². The van der Waals surface area contributed by atoms with Crippen LogP contribution in [0, 0.1) is 5.92 Å². The van der Waals surface area contributed by atoms with Crippen molar-refractivity contribution in [2.24, 2.45) is 5.92 Å². The summed E-state index contributed by atoms with van der Waals surface area (Å²) in [5, 5.41) is 9.04. The fourth-order valence-electron chi connectivity index (χ4n) is 4.25. The minimum Gasteiger partial charge on any atom is -0.382 e. The van der Waals surface area contributed by atoms with Crippen molar-refractivity contribution in [3.63, 3.8) is 0 Å². The van der Waals surface area contributed by atoms with Gasteiger partial charge in [0.1, 0.15) is 6.04 Å². The Labute approximate surface area is 163 Å². The second kappa shape index (κ2) is 7.35. The summed E-state index contributed by atoms with van der Waals surface area (Å²) in [6, 6.07) is 4.41. The first-order chi connectivity index (χ1) is 13.5. The lowest BCUT2D eigenvalue weighted by Crippen LogP contribution is -2.54. The molecule has 3 atom stereocenters. The summed E-state index contributed by atoms with van der Waals surface area (Å²) in [6.45, 7) is 4.13. The van der Waals surface area contributed by atoms with Gasteiger partial charge in [-0.15, -0.1) is 0 Å². The van der Waals surface area contributed by atoms with Crippen molar-refractivity contribution < 1.29 is 19.2 Å². The van der Waals surface area contributed by atoms with Gasteiger partial charge in [-0.1, -0.05) is 0 Å². The predicted octanol–water partition coefficient (Wildman–Crippen LogP) is 0.888. The van der Waals surface area contributed by atoms with Gasteiger partial charge in [-0.25, -0.2) is 0 Å². The summed E-state index contributed by atoms with van der Waals surface area (Å²) in [7, 11) is 0. The second-order valence-electron chi connectivity index (χ2n) is 7.75. The molecule has 2 saturated heterocycles. The quantitative estimate of drug-likeness (QED) is 0.666. The third-order valence-electron chi connectivity index (χ3n) is 5.88. The van der Waals surface area contributed by atoms with E-state index >= 15 is 0 Å². The molecule has 148 valence electrons. The number of fused-ring (bicyclic) bond motifs is 1. The van der Waals surface area contributed by atoms with Crippen molar-refractivity contribution in [1.29, 1.82) is 0 Å². The van der Waals surface area contributed by atoms with Gasteiger partial charge in [-0.3, -0.25) is 29.4 Å². The van der Waals surface area contributed by atoms with E-state index in [-0.39, 0.29) is 24.8 Å². The fourth-order valence-corrected chi connectivity index (χ4v) is 4.25. The number of hydrogen-bond acceptors (Lipinski definition) is 6. The van der Waals surface area contributed by atoms with Crippen LogP contribution in [-0.4, -0.2) is 53.7 Å². The normalized spacial score (nSPS) is 26.1. The topological polar surface area (TPSA) is 108 Å². The molecule has 4 rings (SSSR count). The van der Waals surface area contributed by atoms with E-state index in [0.29, 0.717) is 17.0 Å². The van der Waals surface area contributed by atoms with Crippen molar-refractivity contribution >= 4 is 29.3 Å². The van der Waals surface area contributed by atoms with Crippen molar-refractivity contribution in [2.75, 3.05) is 18.4 Å². The highest BCUT2D eigenvalue weighted by Crippen LogP contribution is 2.30. The van der Waals surface area contributed by atoms with Gasteiger partial charge in [-0.2, -0.15) is 0 Å². The Morgan fingerprint density at radius 2 is 1.89 bits per heavy atom. The molecule has 0 aliphatic carbocycles. The molecule has 3 N–H and O–H groups in total. The summed E-state index contributed by atoms with van der Waals surface area (Å²) in [4.78, 5) is 50.1. The maximum atomic E-state index is 12.9. The van der Waals surface area contributed by atoms with Gasteiger partial charge < -0.3 is 10.6 Å². The molecule has 0 saturated carbocycles. The van der Waals surface area contributed by atoms with E-state index in [9.17, 15) is 19.2 Å². The highest BCUT2D eigenvalue weighted by Gasteiger charge is 2.44. The van der Waals surface area contributed by atoms with Crippen molar-refractivity contribution in [2.45, 2.75) is 44.7 Å². The van der Waals surface area contributed by atoms with Gasteiger partial charge in [-0.05, 0) is 63.4 Å². The van der Waals surface area contributed by atoms with Crippen LogP contribution in [0.25, 0.3) is 0 Å². The Morgan fingerprint density at radius 1 is 1.11 bits per heavy atom. The van der Waals surface area contributed by atoms with Gasteiger partial charge in [0.2, 0.25) is 11.8 Å². The molecule has 1 aromatic carbocycles. The molecule has 0 spiro atoms. The number of rotatable bonds is 4. The SMILES string of the molecule is CC(Nc1ccc2c(c1)C(=O)N(C1CCC(=O)NC1=O)C2=O)C1CCCNC1. The van der Waals surface area contributed by atoms with E-state index in [2.05, 4.69) is 22.9 Å². The van der Waals surface area contributed by atoms with E-state index in [1.165, 1.54) is 0 Å². The number of anilines is 1. The van der Waals surface area contributed by atoms with Crippen molar-refractivity contribution in [3.05, 3.63) is 29.3 Å². The van der Waals surface area contributed by atoms with Gasteiger partial charge >= 0.3 is 0 Å². The smallest absolute Gasteiger partial charge is 0.262 e. The van der Waals surface area contributed by atoms with E-state index in [1.54, 1.807) is 18.2 Å². The molecule has 28 heavy (non-hydrogen) atoms. The Kier molecular flexibility index (Phi) is 4.89. The summed E-state index contributed by atoms with van der Waals surface area (Å²) >= 11 is 0. The number of carbonyl (C=O) groups excluding carboxylic acids is 4. The minimum atomic E-state index is -0.936. The first-order valence-electron chi connectivity index (χ1n) is 9.78. The third-order valence-corrected chi connectivity index (χ3v) is 5.88. The van der Waals surface area contributed by atoms with Crippen LogP contribution in [0.5, 0.6) is 0 Å². The highest BCUT2D eigenvalue weighted by atomic mass is 16.2. The molecular formula is C20H24N4O4. The van der Waals surface area contributed by atoms with Crippen LogP contribution in [0.1, 0.15) is 53.3 Å². The Bertz CT molecular complexity index is 847. The van der Waals surface area contributed by atoms with Crippen molar-refractivity contribution in [1.82, 2.24) is 15.5 Å². The zero-order valence-corrected chi connectivity index (χ0v) is 15.8. The molecule has 0 radical (unpaired) electrons. The summed E-state index contributed by atoms with van der Waals surface area (Å²) in [5.74, 6) is -1.44. The highest BCUT2D eigenvalue weighted by molar-refractivity contribution is 6.23. The summed E-state index contributed by atoms with van der Waals surface area (Å²) in [5.41, 5.74) is 1.38. The maximum Gasteiger partial charge on any atom is 0.262 e. The fraction of sp³-hybridized carbons (Fsp3) is 0.500. The molecule has 4 amide bonds. The van der Waals surface area contributed by atoms with Crippen molar-refractivity contribution in [3.8, 4) is 0 Å². The summed E-state index contributed by atoms with van der Waals surface area (Å²) in [6.07, 6.45) is 2.57. The van der Waals surface area contributed by atoms with Crippen LogP contribution in [0.2, 0.25) is 0 Å². The van der Waals surface area contributed by atoms with Crippen LogP contribution in [0.3, 0.4) is 0 Å². The second-order valence-corrected chi connectivity index (χ2v) is 7.75. The van der Waals surface area contributed by atoms with E-state index < -0.39 is 23.8 Å². The van der Waals surface area contributed by atoms with Gasteiger partial charge in [0, 0.05) is 18.2 Å². The first kappa shape index (κ1) is 18.6. The van der Waals surface area contributed by atoms with E-state index in [4.69, 9.17) is 0 Å². The lowest BCUT2D eigenvalue weighted by atomic mass is 9.92. The van der Waals surface area contributed by atoms with Crippen LogP contribution >= 0.6 is 0 Å². The molecule has 3 unspecified atom stereocenters. The lowest BCUT2D eigenvalue weighted by molar-refractivity contribution is -0.136. The standard InChI is InChI=1S/C20H24N4O4/c1-11(12-3-2-8-21-10-12)22-13-4-5-14-15(9-13)20(28)24(19(14)27)16-6-7-17(25)23-18(16)26/h4-5,9,11-12,16,21-22H,2-3,6-8,10H2,1H3,(H,23,25,26). The average molecular weight is 384 g/mol. The van der Waals surface area contributed by atoms with E-state index in [0.717, 1.165) is 36.5 Å². The third kappa shape index (κ3) is 3.28. The molecule has 3 heterocycles. The number of piperidine rings is 2. The number of carbonyl (C=O) groups is 4. The Balaban J connectivity index is 1.52. The average Bonchev–Trinajstić information content (AvgIpc) is 2.93. The molecule has 8 nitrogen and oxygen atoms in total. The van der Waals surface area contributed by atoms with Gasteiger partial charge in [0.05, 0.1) is 11.1 Å². The zero-order valence-electron chi connectivity index (χ0n) is 15.8. The molecule has 1 aromatic rings. The minimum absolute atomic E-state index is 0.115. The van der Waals surface area contributed by atoms with Crippen LogP contribution in [0.15, 0.2) is 18.2 Å². The summed E-state index contributed by atoms with van der Waals surface area (Å²) < 4.78 is 0. The number of amides is 4. The number of hydrogen-bond donors (Lipinski definition) is 3. The van der Waals surface area contributed by atoms with Gasteiger partial charge in [0.15, 0.2) is 0 Å². The largest absolute Gasteiger partial charge is 0.382 e. The van der Waals surface area contributed by atoms with Crippen LogP contribution in [-0.2, 0) is 9.59 Å². The molecule has 3 aliphatic heterocycles. The van der Waals surface area contributed by atoms with Crippen LogP contribution in [0.4, 0.5) is 5.69 Å². The Morgan fingerprint density at radius 3 is 2.61 bits per heavy atom. The predicted molar refractivity (Wildman–Crippen MR) is 102 cm³/mol. The van der Waals surface area contributed by atoms with E-state index in [1.807, 2.05) is 0 Å². The number of imide groups is 2. The molecular weight excluding hydrogens is 360 g/mol.